The lowest BCUT2D eigenvalue weighted by atomic mass is 10.0. The molecule has 1 rings (SSSR count). The average Bonchev–Trinajstić information content (AvgIpc) is 2.72. The number of unbranched alkanes of at least 4 members (excludes halogenated alkanes) is 1. The molecule has 0 saturated carbocycles. The highest BCUT2D eigenvalue weighted by atomic mass is 16.2. The normalized spacial score (nSPS) is 13.7. The Bertz CT molecular complexity index is 754. The molecule has 32 heavy (non-hydrogen) atoms. The Balaban J connectivity index is 3.02. The van der Waals surface area contributed by atoms with Gasteiger partial charge in [-0.1, -0.05) is 44.2 Å². The van der Waals surface area contributed by atoms with Crippen molar-refractivity contribution in [3.63, 3.8) is 0 Å². The standard InChI is InChI=1S/C23H37N5O4/c1-15(2)13-19(21(25)30)27-23(32)20(14-17-9-5-4-6-10-17)28-22(31)18(26-16(3)29)11-7-8-12-24/h4-6,9-10,15,18-20H,7-8,11-14,24H2,1-3H3,(H2,25,30)(H,26,29)(H,27,32)(H,28,31). The molecule has 0 bridgehead atoms. The summed E-state index contributed by atoms with van der Waals surface area (Å²) in [5, 5.41) is 8.05. The van der Waals surface area contributed by atoms with Gasteiger partial charge >= 0.3 is 0 Å². The molecule has 1 aromatic rings. The van der Waals surface area contributed by atoms with Crippen molar-refractivity contribution in [3.8, 4) is 0 Å². The molecule has 0 aromatic heterocycles. The van der Waals surface area contributed by atoms with Crippen LogP contribution in [0.3, 0.4) is 0 Å². The number of rotatable bonds is 14. The fourth-order valence-electron chi connectivity index (χ4n) is 3.33. The van der Waals surface area contributed by atoms with Crippen molar-refractivity contribution in [2.45, 2.75) is 71.0 Å². The maximum atomic E-state index is 13.0. The van der Waals surface area contributed by atoms with E-state index in [4.69, 9.17) is 11.5 Å². The predicted molar refractivity (Wildman–Crippen MR) is 123 cm³/mol. The number of hydrogen-bond donors (Lipinski definition) is 5. The van der Waals surface area contributed by atoms with E-state index in [1.54, 1.807) is 0 Å². The van der Waals surface area contributed by atoms with Gasteiger partial charge in [0.2, 0.25) is 23.6 Å². The molecule has 3 atom stereocenters. The van der Waals surface area contributed by atoms with E-state index in [0.29, 0.717) is 32.2 Å². The third-order valence-electron chi connectivity index (χ3n) is 4.92. The Morgan fingerprint density at radius 2 is 1.47 bits per heavy atom. The summed E-state index contributed by atoms with van der Waals surface area (Å²) in [4.78, 5) is 49.4. The molecule has 0 fully saturated rings. The molecule has 0 aliphatic carbocycles. The first kappa shape index (κ1) is 27.1. The van der Waals surface area contributed by atoms with Gasteiger partial charge in [-0.2, -0.15) is 0 Å². The Morgan fingerprint density at radius 1 is 0.875 bits per heavy atom. The zero-order valence-electron chi connectivity index (χ0n) is 19.2. The number of amides is 4. The predicted octanol–water partition coefficient (Wildman–Crippen LogP) is 0.364. The topological polar surface area (TPSA) is 156 Å². The van der Waals surface area contributed by atoms with Crippen LogP contribution in [-0.4, -0.2) is 48.3 Å². The summed E-state index contributed by atoms with van der Waals surface area (Å²) in [5.74, 6) is -1.80. The highest BCUT2D eigenvalue weighted by molar-refractivity contribution is 5.94. The monoisotopic (exact) mass is 447 g/mol. The molecular weight excluding hydrogens is 410 g/mol. The van der Waals surface area contributed by atoms with Crippen LogP contribution in [0.25, 0.3) is 0 Å². The molecule has 9 nitrogen and oxygen atoms in total. The molecule has 7 N–H and O–H groups in total. The summed E-state index contributed by atoms with van der Waals surface area (Å²) in [6.07, 6.45) is 2.39. The number of hydrogen-bond acceptors (Lipinski definition) is 5. The molecule has 1 aromatic carbocycles. The van der Waals surface area contributed by atoms with Gasteiger partial charge in [-0.25, -0.2) is 0 Å². The van der Waals surface area contributed by atoms with Crippen LogP contribution in [0.5, 0.6) is 0 Å². The van der Waals surface area contributed by atoms with Gasteiger partial charge < -0.3 is 27.4 Å². The van der Waals surface area contributed by atoms with Gasteiger partial charge in [0.1, 0.15) is 18.1 Å². The minimum absolute atomic E-state index is 0.140. The molecule has 0 heterocycles. The molecule has 9 heteroatoms. The fourth-order valence-corrected chi connectivity index (χ4v) is 3.33. The lowest BCUT2D eigenvalue weighted by Gasteiger charge is -2.25. The number of nitrogens with two attached hydrogens (primary N) is 2. The van der Waals surface area contributed by atoms with Crippen LogP contribution in [0.1, 0.15) is 52.0 Å². The van der Waals surface area contributed by atoms with E-state index in [0.717, 1.165) is 5.56 Å². The van der Waals surface area contributed by atoms with Gasteiger partial charge in [-0.3, -0.25) is 19.2 Å². The highest BCUT2D eigenvalue weighted by Gasteiger charge is 2.29. The van der Waals surface area contributed by atoms with Crippen molar-refractivity contribution in [2.75, 3.05) is 6.54 Å². The molecule has 0 spiro atoms. The molecule has 0 aliphatic rings. The molecule has 0 saturated heterocycles. The van der Waals surface area contributed by atoms with Gasteiger partial charge in [0.05, 0.1) is 0 Å². The molecule has 3 unspecified atom stereocenters. The largest absolute Gasteiger partial charge is 0.368 e. The van der Waals surface area contributed by atoms with Gasteiger partial charge in [-0.15, -0.1) is 0 Å². The van der Waals surface area contributed by atoms with E-state index in [1.165, 1.54) is 6.92 Å². The van der Waals surface area contributed by atoms with Gasteiger partial charge in [0.15, 0.2) is 0 Å². The van der Waals surface area contributed by atoms with Crippen molar-refractivity contribution < 1.29 is 19.2 Å². The summed E-state index contributed by atoms with van der Waals surface area (Å²) >= 11 is 0. The minimum atomic E-state index is -0.940. The van der Waals surface area contributed by atoms with Gasteiger partial charge in [-0.05, 0) is 43.7 Å². The zero-order chi connectivity index (χ0) is 24.1. The molecule has 178 valence electrons. The van der Waals surface area contributed by atoms with Crippen LogP contribution < -0.4 is 27.4 Å². The van der Waals surface area contributed by atoms with Crippen LogP contribution in [0.4, 0.5) is 0 Å². The SMILES string of the molecule is CC(=O)NC(CCCCN)C(=O)NC(Cc1ccccc1)C(=O)NC(CC(C)C)C(N)=O. The Morgan fingerprint density at radius 3 is 2.00 bits per heavy atom. The maximum absolute atomic E-state index is 13.0. The smallest absolute Gasteiger partial charge is 0.243 e. The summed E-state index contributed by atoms with van der Waals surface area (Å²) < 4.78 is 0. The van der Waals surface area contributed by atoms with Crippen LogP contribution in [0, 0.1) is 5.92 Å². The van der Waals surface area contributed by atoms with E-state index in [2.05, 4.69) is 16.0 Å². The summed E-state index contributed by atoms with van der Waals surface area (Å²) in [7, 11) is 0. The molecule has 0 aliphatic heterocycles. The zero-order valence-corrected chi connectivity index (χ0v) is 19.2. The first-order chi connectivity index (χ1) is 15.1. The lowest BCUT2D eigenvalue weighted by Crippen LogP contribution is -2.57. The van der Waals surface area contributed by atoms with E-state index in [1.807, 2.05) is 44.2 Å². The van der Waals surface area contributed by atoms with Crippen LogP contribution in [0.15, 0.2) is 30.3 Å². The van der Waals surface area contributed by atoms with Crippen molar-refractivity contribution in [1.29, 1.82) is 0 Å². The molecule has 0 radical (unpaired) electrons. The Kier molecular flexibility index (Phi) is 12.0. The second-order valence-corrected chi connectivity index (χ2v) is 8.38. The third kappa shape index (κ3) is 10.4. The Hall–Kier alpha value is -2.94. The van der Waals surface area contributed by atoms with E-state index in [-0.39, 0.29) is 18.2 Å². The summed E-state index contributed by atoms with van der Waals surface area (Å²) in [6, 6.07) is 6.66. The quantitative estimate of drug-likeness (QED) is 0.260. The third-order valence-corrected chi connectivity index (χ3v) is 4.92. The van der Waals surface area contributed by atoms with Crippen molar-refractivity contribution in [1.82, 2.24) is 16.0 Å². The lowest BCUT2D eigenvalue weighted by molar-refractivity contribution is -0.133. The molecule has 4 amide bonds. The number of carbonyl (C=O) groups is 4. The van der Waals surface area contributed by atoms with Crippen LogP contribution >= 0.6 is 0 Å². The van der Waals surface area contributed by atoms with E-state index >= 15 is 0 Å². The van der Waals surface area contributed by atoms with E-state index < -0.39 is 35.8 Å². The maximum Gasteiger partial charge on any atom is 0.243 e. The van der Waals surface area contributed by atoms with Crippen LogP contribution in [-0.2, 0) is 25.6 Å². The van der Waals surface area contributed by atoms with E-state index in [9.17, 15) is 19.2 Å². The first-order valence-electron chi connectivity index (χ1n) is 11.0. The van der Waals surface area contributed by atoms with Crippen molar-refractivity contribution in [3.05, 3.63) is 35.9 Å². The fraction of sp³-hybridized carbons (Fsp3) is 0.565. The first-order valence-corrected chi connectivity index (χ1v) is 11.0. The van der Waals surface area contributed by atoms with Crippen molar-refractivity contribution >= 4 is 23.6 Å². The number of primary amides is 1. The average molecular weight is 448 g/mol. The minimum Gasteiger partial charge on any atom is -0.368 e. The number of benzene rings is 1. The Labute approximate surface area is 190 Å². The van der Waals surface area contributed by atoms with Gasteiger partial charge in [0, 0.05) is 13.3 Å². The summed E-state index contributed by atoms with van der Waals surface area (Å²) in [5.41, 5.74) is 11.8. The molecular formula is C23H37N5O4. The second-order valence-electron chi connectivity index (χ2n) is 8.38. The second kappa shape index (κ2) is 14.2. The number of nitrogens with one attached hydrogen (secondary N) is 3. The van der Waals surface area contributed by atoms with Gasteiger partial charge in [0.25, 0.3) is 0 Å². The highest BCUT2D eigenvalue weighted by Crippen LogP contribution is 2.09. The summed E-state index contributed by atoms with van der Waals surface area (Å²) in [6.45, 7) is 5.66. The number of carbonyl (C=O) groups excluding carboxylic acids is 4. The van der Waals surface area contributed by atoms with Crippen LogP contribution in [0.2, 0.25) is 0 Å². The van der Waals surface area contributed by atoms with Crippen molar-refractivity contribution in [2.24, 2.45) is 17.4 Å².